The predicted molar refractivity (Wildman–Crippen MR) is 90.0 cm³/mol. The van der Waals surface area contributed by atoms with Crippen molar-refractivity contribution in [1.29, 1.82) is 0 Å². The van der Waals surface area contributed by atoms with Gasteiger partial charge in [0.15, 0.2) is 4.96 Å². The summed E-state index contributed by atoms with van der Waals surface area (Å²) in [6.45, 7) is 4.10. The van der Waals surface area contributed by atoms with Gasteiger partial charge in [-0.2, -0.15) is 0 Å². The Morgan fingerprint density at radius 1 is 1.36 bits per heavy atom. The van der Waals surface area contributed by atoms with Crippen molar-refractivity contribution < 1.29 is 4.79 Å². The minimum Gasteiger partial charge on any atom is -0.353 e. The standard InChI is InChI=1S/C17H17N3OS/c1-2-10-18-16(21)9-8-14-12-22-17-19-15(11-20(14)17)13-6-4-3-5-7-13/h2-7,11-12H,1,8-10H2,(H,18,21). The zero-order valence-electron chi connectivity index (χ0n) is 12.2. The van der Waals surface area contributed by atoms with Gasteiger partial charge in [0.25, 0.3) is 0 Å². The molecule has 0 saturated heterocycles. The molecule has 4 nitrogen and oxygen atoms in total. The van der Waals surface area contributed by atoms with E-state index in [-0.39, 0.29) is 5.91 Å². The van der Waals surface area contributed by atoms with Crippen molar-refractivity contribution in [3.63, 3.8) is 0 Å². The molecule has 0 saturated carbocycles. The van der Waals surface area contributed by atoms with Crippen LogP contribution in [0.4, 0.5) is 0 Å². The van der Waals surface area contributed by atoms with Gasteiger partial charge in [-0.1, -0.05) is 36.4 Å². The van der Waals surface area contributed by atoms with E-state index < -0.39 is 0 Å². The monoisotopic (exact) mass is 311 g/mol. The lowest BCUT2D eigenvalue weighted by molar-refractivity contribution is -0.120. The third kappa shape index (κ3) is 3.09. The van der Waals surface area contributed by atoms with Gasteiger partial charge >= 0.3 is 0 Å². The van der Waals surface area contributed by atoms with Crippen LogP contribution in [0.2, 0.25) is 0 Å². The molecule has 0 aliphatic carbocycles. The maximum absolute atomic E-state index is 11.7. The van der Waals surface area contributed by atoms with Crippen LogP contribution in [0.25, 0.3) is 16.2 Å². The summed E-state index contributed by atoms with van der Waals surface area (Å²) >= 11 is 1.60. The summed E-state index contributed by atoms with van der Waals surface area (Å²) < 4.78 is 2.08. The molecule has 0 aliphatic heterocycles. The summed E-state index contributed by atoms with van der Waals surface area (Å²) in [5.41, 5.74) is 3.18. The van der Waals surface area contributed by atoms with Crippen LogP contribution < -0.4 is 5.32 Å². The fraction of sp³-hybridized carbons (Fsp3) is 0.176. The van der Waals surface area contributed by atoms with Crippen molar-refractivity contribution in [3.8, 4) is 11.3 Å². The fourth-order valence-electron chi connectivity index (χ4n) is 2.27. The number of carbonyl (C=O) groups is 1. The van der Waals surface area contributed by atoms with Gasteiger partial charge in [-0.05, 0) is 6.42 Å². The fourth-order valence-corrected chi connectivity index (χ4v) is 3.18. The second-order valence-corrected chi connectivity index (χ2v) is 5.80. The largest absolute Gasteiger partial charge is 0.353 e. The normalized spacial score (nSPS) is 10.7. The molecule has 22 heavy (non-hydrogen) atoms. The van der Waals surface area contributed by atoms with Crippen LogP contribution in [-0.4, -0.2) is 21.8 Å². The minimum absolute atomic E-state index is 0.0441. The van der Waals surface area contributed by atoms with E-state index in [1.54, 1.807) is 17.4 Å². The Kier molecular flexibility index (Phi) is 4.34. The van der Waals surface area contributed by atoms with Crippen LogP contribution >= 0.6 is 11.3 Å². The Hall–Kier alpha value is -2.40. The van der Waals surface area contributed by atoms with Crippen LogP contribution in [0.15, 0.2) is 54.6 Å². The van der Waals surface area contributed by atoms with E-state index in [0.29, 0.717) is 19.4 Å². The van der Waals surface area contributed by atoms with Gasteiger partial charge in [0, 0.05) is 35.8 Å². The summed E-state index contributed by atoms with van der Waals surface area (Å²) in [5, 5.41) is 4.86. The molecule has 0 bridgehead atoms. The number of nitrogens with zero attached hydrogens (tertiary/aromatic N) is 2. The molecule has 3 rings (SSSR count). The first kappa shape index (κ1) is 14.5. The molecule has 0 unspecified atom stereocenters. The van der Waals surface area contributed by atoms with E-state index in [2.05, 4.69) is 38.8 Å². The molecule has 2 aromatic heterocycles. The summed E-state index contributed by atoms with van der Waals surface area (Å²) in [7, 11) is 0. The van der Waals surface area contributed by atoms with Crippen LogP contribution in [-0.2, 0) is 11.2 Å². The number of amides is 1. The maximum Gasteiger partial charge on any atom is 0.220 e. The van der Waals surface area contributed by atoms with Gasteiger partial charge in [0.05, 0.1) is 5.69 Å². The molecule has 0 fully saturated rings. The lowest BCUT2D eigenvalue weighted by Crippen LogP contribution is -2.23. The average molecular weight is 311 g/mol. The van der Waals surface area contributed by atoms with Crippen LogP contribution in [0.5, 0.6) is 0 Å². The molecule has 0 radical (unpaired) electrons. The van der Waals surface area contributed by atoms with Crippen molar-refractivity contribution in [2.45, 2.75) is 12.8 Å². The summed E-state index contributed by atoms with van der Waals surface area (Å²) in [4.78, 5) is 17.3. The summed E-state index contributed by atoms with van der Waals surface area (Å²) in [5.74, 6) is 0.0441. The highest BCUT2D eigenvalue weighted by Gasteiger charge is 2.10. The molecular formula is C17H17N3OS. The van der Waals surface area contributed by atoms with E-state index in [1.165, 1.54) is 0 Å². The Balaban J connectivity index is 1.76. The van der Waals surface area contributed by atoms with Gasteiger partial charge < -0.3 is 5.32 Å². The number of rotatable bonds is 6. The minimum atomic E-state index is 0.0441. The number of hydrogen-bond donors (Lipinski definition) is 1. The van der Waals surface area contributed by atoms with Crippen molar-refractivity contribution in [2.75, 3.05) is 6.54 Å². The van der Waals surface area contributed by atoms with E-state index >= 15 is 0 Å². The third-order valence-electron chi connectivity index (χ3n) is 3.40. The average Bonchev–Trinajstić information content (AvgIpc) is 3.12. The third-order valence-corrected chi connectivity index (χ3v) is 4.29. The Bertz CT molecular complexity index is 789. The zero-order valence-corrected chi connectivity index (χ0v) is 13.0. The summed E-state index contributed by atoms with van der Waals surface area (Å²) in [6, 6.07) is 10.1. The number of thiazole rings is 1. The van der Waals surface area contributed by atoms with E-state index in [1.807, 2.05) is 24.4 Å². The van der Waals surface area contributed by atoms with Gasteiger partial charge in [0.2, 0.25) is 5.91 Å². The van der Waals surface area contributed by atoms with Crippen LogP contribution in [0.1, 0.15) is 12.1 Å². The van der Waals surface area contributed by atoms with E-state index in [9.17, 15) is 4.79 Å². The van der Waals surface area contributed by atoms with Crippen molar-refractivity contribution in [2.24, 2.45) is 0 Å². The molecule has 1 amide bonds. The van der Waals surface area contributed by atoms with Gasteiger partial charge in [-0.15, -0.1) is 17.9 Å². The molecule has 2 heterocycles. The predicted octanol–water partition coefficient (Wildman–Crippen LogP) is 3.30. The highest BCUT2D eigenvalue weighted by molar-refractivity contribution is 7.15. The number of carbonyl (C=O) groups excluding carboxylic acids is 1. The van der Waals surface area contributed by atoms with Gasteiger partial charge in [0.1, 0.15) is 0 Å². The molecule has 5 heteroatoms. The smallest absolute Gasteiger partial charge is 0.220 e. The number of benzene rings is 1. The SMILES string of the molecule is C=CCNC(=O)CCc1csc2nc(-c3ccccc3)cn12. The first-order valence-corrected chi connectivity index (χ1v) is 8.04. The zero-order chi connectivity index (χ0) is 15.4. The Morgan fingerprint density at radius 3 is 2.95 bits per heavy atom. The molecule has 0 spiro atoms. The number of aryl methyl sites for hydroxylation is 1. The van der Waals surface area contributed by atoms with Crippen molar-refractivity contribution in [3.05, 3.63) is 60.3 Å². The molecular weight excluding hydrogens is 294 g/mol. The first-order chi connectivity index (χ1) is 10.8. The summed E-state index contributed by atoms with van der Waals surface area (Å²) in [6.07, 6.45) is 4.90. The van der Waals surface area contributed by atoms with Crippen LogP contribution in [0.3, 0.4) is 0 Å². The van der Waals surface area contributed by atoms with Crippen molar-refractivity contribution >= 4 is 22.2 Å². The van der Waals surface area contributed by atoms with E-state index in [4.69, 9.17) is 0 Å². The number of imidazole rings is 1. The quantitative estimate of drug-likeness (QED) is 0.710. The molecule has 3 aromatic rings. The van der Waals surface area contributed by atoms with Gasteiger partial charge in [-0.3, -0.25) is 9.20 Å². The lowest BCUT2D eigenvalue weighted by atomic mass is 10.2. The maximum atomic E-state index is 11.7. The number of hydrogen-bond acceptors (Lipinski definition) is 3. The first-order valence-electron chi connectivity index (χ1n) is 7.16. The lowest BCUT2D eigenvalue weighted by Gasteiger charge is -2.01. The van der Waals surface area contributed by atoms with Crippen molar-refractivity contribution in [1.82, 2.24) is 14.7 Å². The number of nitrogens with one attached hydrogen (secondary N) is 1. The topological polar surface area (TPSA) is 46.4 Å². The molecule has 1 N–H and O–H groups in total. The van der Waals surface area contributed by atoms with Crippen LogP contribution in [0, 0.1) is 0 Å². The highest BCUT2D eigenvalue weighted by atomic mass is 32.1. The molecule has 0 atom stereocenters. The Labute approximate surface area is 133 Å². The number of aromatic nitrogens is 2. The molecule has 1 aromatic carbocycles. The highest BCUT2D eigenvalue weighted by Crippen LogP contribution is 2.24. The second kappa shape index (κ2) is 6.58. The van der Waals surface area contributed by atoms with E-state index in [0.717, 1.165) is 21.9 Å². The molecule has 112 valence electrons. The van der Waals surface area contributed by atoms with Gasteiger partial charge in [-0.25, -0.2) is 4.98 Å². The molecule has 0 aliphatic rings. The number of fused-ring (bicyclic) bond motifs is 1. The Morgan fingerprint density at radius 2 is 2.18 bits per heavy atom. The second-order valence-electron chi connectivity index (χ2n) is 4.96.